The van der Waals surface area contributed by atoms with Crippen molar-refractivity contribution in [1.82, 2.24) is 0 Å². The van der Waals surface area contributed by atoms with Crippen molar-refractivity contribution in [1.29, 1.82) is 0 Å². The van der Waals surface area contributed by atoms with E-state index in [0.29, 0.717) is 0 Å². The second kappa shape index (κ2) is 10.3. The quantitative estimate of drug-likeness (QED) is 0.308. The van der Waals surface area contributed by atoms with Gasteiger partial charge >= 0.3 is 0 Å². The van der Waals surface area contributed by atoms with Gasteiger partial charge in [-0.3, -0.25) is 0 Å². The summed E-state index contributed by atoms with van der Waals surface area (Å²) in [5, 5.41) is 4.36. The van der Waals surface area contributed by atoms with Gasteiger partial charge in [0, 0.05) is 0 Å². The molecule has 0 spiro atoms. The molecule has 0 atom stereocenters. The number of rotatable bonds is 5. The third-order valence-corrected chi connectivity index (χ3v) is 12.7. The zero-order valence-corrected chi connectivity index (χ0v) is 24.7. The molecular weight excluding hydrogens is 519 g/mol. The van der Waals surface area contributed by atoms with Crippen LogP contribution in [0.1, 0.15) is 62.8 Å². The van der Waals surface area contributed by atoms with Crippen molar-refractivity contribution in [3.63, 3.8) is 0 Å². The minimum Gasteiger partial charge on any atom is -1.00 e. The average molecular weight is 558 g/mol. The molecular formula is C34H38BrP. The zero-order valence-electron chi connectivity index (χ0n) is 22.3. The molecule has 36 heavy (non-hydrogen) atoms. The average Bonchev–Trinajstić information content (AvgIpc) is 2.87. The number of aryl methyl sites for hydroxylation is 1. The summed E-state index contributed by atoms with van der Waals surface area (Å²) >= 11 is 0. The first-order valence-corrected chi connectivity index (χ1v) is 14.9. The Kier molecular flexibility index (Phi) is 7.66. The van der Waals surface area contributed by atoms with Crippen LogP contribution in [-0.4, -0.2) is 0 Å². The lowest BCUT2D eigenvalue weighted by Crippen LogP contribution is -3.00. The molecule has 0 radical (unpaired) electrons. The molecule has 0 heterocycles. The van der Waals surface area contributed by atoms with E-state index in [9.17, 15) is 0 Å². The van der Waals surface area contributed by atoms with E-state index in [-0.39, 0.29) is 27.8 Å². The maximum Gasteiger partial charge on any atom is 0.116 e. The lowest BCUT2D eigenvalue weighted by molar-refractivity contribution is -0.00000755. The monoisotopic (exact) mass is 556 g/mol. The second-order valence-electron chi connectivity index (χ2n) is 11.6. The van der Waals surface area contributed by atoms with Gasteiger partial charge < -0.3 is 17.0 Å². The summed E-state index contributed by atoms with van der Waals surface area (Å²) in [6.07, 6.45) is 3.53. The maximum atomic E-state index is 2.59. The van der Waals surface area contributed by atoms with Gasteiger partial charge in [0.2, 0.25) is 0 Å². The van der Waals surface area contributed by atoms with Crippen LogP contribution in [0.5, 0.6) is 0 Å². The highest BCUT2D eigenvalue weighted by molar-refractivity contribution is 7.95. The standard InChI is InChI=1S/C34H38P.BrH/c1-26-23-31-32(34(4,5)22-21-33(31,2)3)24-27(26)25-35(28-15-9-6-10-16-28,29-17-11-7-12-18-29)30-19-13-8-14-20-30;/h6-20,23-24H,21-22,25H2,1-5H3;1H/q+1;/p-1. The number of hydrogen-bond donors (Lipinski definition) is 0. The largest absolute Gasteiger partial charge is 1.00 e. The molecule has 0 nitrogen and oxygen atoms in total. The van der Waals surface area contributed by atoms with Crippen LogP contribution in [0.4, 0.5) is 0 Å². The normalized spacial score (nSPS) is 16.0. The van der Waals surface area contributed by atoms with Crippen molar-refractivity contribution in [2.45, 2.75) is 64.5 Å². The first kappa shape index (κ1) is 26.8. The number of benzene rings is 4. The molecule has 0 aromatic heterocycles. The van der Waals surface area contributed by atoms with Gasteiger partial charge in [-0.05, 0) is 89.2 Å². The topological polar surface area (TPSA) is 0 Å². The van der Waals surface area contributed by atoms with E-state index >= 15 is 0 Å². The van der Waals surface area contributed by atoms with Crippen molar-refractivity contribution >= 4 is 23.2 Å². The Labute approximate surface area is 229 Å². The third-order valence-electron chi connectivity index (χ3n) is 8.31. The Morgan fingerprint density at radius 3 is 1.33 bits per heavy atom. The minimum absolute atomic E-state index is 0. The summed E-state index contributed by atoms with van der Waals surface area (Å²) in [7, 11) is -1.91. The van der Waals surface area contributed by atoms with E-state index in [1.807, 2.05) is 0 Å². The fraction of sp³-hybridized carbons (Fsp3) is 0.294. The van der Waals surface area contributed by atoms with Crippen LogP contribution in [0.2, 0.25) is 0 Å². The molecule has 0 fully saturated rings. The summed E-state index contributed by atoms with van der Waals surface area (Å²) in [5.41, 5.74) is 6.49. The van der Waals surface area contributed by atoms with Crippen LogP contribution < -0.4 is 32.9 Å². The fourth-order valence-corrected chi connectivity index (χ4v) is 10.3. The third kappa shape index (κ3) is 4.73. The molecule has 0 N–H and O–H groups in total. The second-order valence-corrected chi connectivity index (χ2v) is 15.1. The van der Waals surface area contributed by atoms with E-state index in [0.717, 1.165) is 6.16 Å². The van der Waals surface area contributed by atoms with E-state index in [2.05, 4.69) is 138 Å². The Balaban J connectivity index is 0.00000304. The zero-order chi connectivity index (χ0) is 24.7. The van der Waals surface area contributed by atoms with Crippen molar-refractivity contribution in [2.75, 3.05) is 0 Å². The summed E-state index contributed by atoms with van der Waals surface area (Å²) in [6.45, 7) is 12.1. The molecule has 4 aromatic rings. The summed E-state index contributed by atoms with van der Waals surface area (Å²) < 4.78 is 0. The molecule has 0 saturated carbocycles. The Morgan fingerprint density at radius 2 is 0.944 bits per heavy atom. The van der Waals surface area contributed by atoms with Crippen LogP contribution in [-0.2, 0) is 17.0 Å². The first-order valence-electron chi connectivity index (χ1n) is 12.9. The Morgan fingerprint density at radius 1 is 0.583 bits per heavy atom. The lowest BCUT2D eigenvalue weighted by Gasteiger charge is -2.42. The van der Waals surface area contributed by atoms with Crippen LogP contribution in [0, 0.1) is 6.92 Å². The highest BCUT2D eigenvalue weighted by Gasteiger charge is 2.46. The van der Waals surface area contributed by atoms with Crippen LogP contribution >= 0.6 is 7.26 Å². The van der Waals surface area contributed by atoms with Crippen molar-refractivity contribution in [2.24, 2.45) is 0 Å². The van der Waals surface area contributed by atoms with E-state index < -0.39 is 7.26 Å². The van der Waals surface area contributed by atoms with Gasteiger partial charge in [-0.2, -0.15) is 0 Å². The lowest BCUT2D eigenvalue weighted by atomic mass is 9.62. The van der Waals surface area contributed by atoms with Gasteiger partial charge in [-0.15, -0.1) is 0 Å². The summed E-state index contributed by atoms with van der Waals surface area (Å²) in [5.74, 6) is 0. The van der Waals surface area contributed by atoms with Crippen molar-refractivity contribution < 1.29 is 17.0 Å². The van der Waals surface area contributed by atoms with Crippen LogP contribution in [0.3, 0.4) is 0 Å². The Hall–Kier alpha value is -2.21. The molecule has 0 bridgehead atoms. The highest BCUT2D eigenvalue weighted by atomic mass is 79.9. The van der Waals surface area contributed by atoms with Crippen molar-refractivity contribution in [3.8, 4) is 0 Å². The molecule has 0 aliphatic heterocycles. The Bertz CT molecular complexity index is 1210. The van der Waals surface area contributed by atoms with Crippen LogP contribution in [0.15, 0.2) is 103 Å². The predicted molar refractivity (Wildman–Crippen MR) is 155 cm³/mol. The maximum absolute atomic E-state index is 2.59. The van der Waals surface area contributed by atoms with Gasteiger partial charge in [0.05, 0.1) is 6.16 Å². The summed E-state index contributed by atoms with van der Waals surface area (Å²) in [4.78, 5) is 0. The van der Waals surface area contributed by atoms with E-state index in [1.165, 1.54) is 39.9 Å². The SMILES string of the molecule is Cc1cc2c(cc1C[P+](c1ccccc1)(c1ccccc1)c1ccccc1)C(C)(C)CCC2(C)C.[Br-]. The van der Waals surface area contributed by atoms with E-state index in [1.54, 1.807) is 11.1 Å². The molecule has 186 valence electrons. The van der Waals surface area contributed by atoms with Gasteiger partial charge in [0.15, 0.2) is 0 Å². The van der Waals surface area contributed by atoms with Gasteiger partial charge in [0.25, 0.3) is 0 Å². The number of hydrogen-bond acceptors (Lipinski definition) is 0. The van der Waals surface area contributed by atoms with Crippen LogP contribution in [0.25, 0.3) is 0 Å². The van der Waals surface area contributed by atoms with E-state index in [4.69, 9.17) is 0 Å². The minimum atomic E-state index is -1.91. The molecule has 1 aliphatic rings. The molecule has 4 aromatic carbocycles. The predicted octanol–water partition coefficient (Wildman–Crippen LogP) is 4.84. The molecule has 0 amide bonds. The summed E-state index contributed by atoms with van der Waals surface area (Å²) in [6, 6.07) is 38.9. The van der Waals surface area contributed by atoms with Gasteiger partial charge in [0.1, 0.15) is 23.2 Å². The molecule has 5 rings (SSSR count). The number of fused-ring (bicyclic) bond motifs is 1. The van der Waals surface area contributed by atoms with Gasteiger partial charge in [-0.1, -0.05) is 94.4 Å². The number of halogens is 1. The molecule has 0 unspecified atom stereocenters. The van der Waals surface area contributed by atoms with Gasteiger partial charge in [-0.25, -0.2) is 0 Å². The first-order chi connectivity index (χ1) is 16.7. The molecule has 0 saturated heterocycles. The molecule has 1 aliphatic carbocycles. The molecule has 2 heteroatoms. The fourth-order valence-electron chi connectivity index (χ4n) is 5.96. The smallest absolute Gasteiger partial charge is 0.116 e. The highest BCUT2D eigenvalue weighted by Crippen LogP contribution is 2.59. The van der Waals surface area contributed by atoms with Crippen molar-refractivity contribution in [3.05, 3.63) is 125 Å².